The molecule has 1 aliphatic heterocycles. The lowest BCUT2D eigenvalue weighted by atomic mass is 10.1. The average Bonchev–Trinajstić information content (AvgIpc) is 2.60. The molecule has 5 nitrogen and oxygen atoms in total. The highest BCUT2D eigenvalue weighted by Gasteiger charge is 2.27. The van der Waals surface area contributed by atoms with E-state index in [9.17, 15) is 9.59 Å². The number of hydrogen-bond acceptors (Lipinski definition) is 3. The topological polar surface area (TPSA) is 66.6 Å². The molecule has 1 saturated heterocycles. The molecule has 19 heavy (non-hydrogen) atoms. The highest BCUT2D eigenvalue weighted by atomic mass is 16.2. The summed E-state index contributed by atoms with van der Waals surface area (Å²) >= 11 is 0. The first-order chi connectivity index (χ1) is 9.09. The van der Waals surface area contributed by atoms with Crippen LogP contribution in [0.5, 0.6) is 0 Å². The van der Waals surface area contributed by atoms with Crippen molar-refractivity contribution in [2.75, 3.05) is 26.7 Å². The molecule has 1 aromatic carbocycles. The van der Waals surface area contributed by atoms with Gasteiger partial charge in [0.1, 0.15) is 6.04 Å². The van der Waals surface area contributed by atoms with Crippen molar-refractivity contribution in [1.29, 1.82) is 0 Å². The Balaban J connectivity index is 2.09. The van der Waals surface area contributed by atoms with Crippen LogP contribution in [0.1, 0.15) is 18.0 Å². The number of carbonyl (C=O) groups excluding carboxylic acids is 2. The Morgan fingerprint density at radius 1 is 1.26 bits per heavy atom. The van der Waals surface area contributed by atoms with Crippen molar-refractivity contribution in [1.82, 2.24) is 9.80 Å². The summed E-state index contributed by atoms with van der Waals surface area (Å²) in [7, 11) is 1.76. The number of nitrogens with two attached hydrogens (primary N) is 1. The average molecular weight is 261 g/mol. The van der Waals surface area contributed by atoms with Crippen LogP contribution in [0.2, 0.25) is 0 Å². The van der Waals surface area contributed by atoms with Crippen LogP contribution in [-0.4, -0.2) is 48.3 Å². The Kier molecular flexibility index (Phi) is 4.16. The Bertz CT molecular complexity index is 461. The predicted molar refractivity (Wildman–Crippen MR) is 72.2 cm³/mol. The molecule has 1 fully saturated rings. The monoisotopic (exact) mass is 261 g/mol. The lowest BCUT2D eigenvalue weighted by Crippen LogP contribution is -2.42. The third-order valence-corrected chi connectivity index (χ3v) is 3.41. The smallest absolute Gasteiger partial charge is 0.244 e. The van der Waals surface area contributed by atoms with Crippen molar-refractivity contribution >= 4 is 11.8 Å². The zero-order valence-electron chi connectivity index (χ0n) is 11.1. The molecule has 0 aromatic heterocycles. The number of carbonyl (C=O) groups is 2. The zero-order chi connectivity index (χ0) is 13.8. The van der Waals surface area contributed by atoms with E-state index in [0.717, 1.165) is 12.0 Å². The molecule has 2 amide bonds. The van der Waals surface area contributed by atoms with E-state index in [4.69, 9.17) is 5.73 Å². The van der Waals surface area contributed by atoms with E-state index in [2.05, 4.69) is 0 Å². The first kappa shape index (κ1) is 13.5. The van der Waals surface area contributed by atoms with Gasteiger partial charge in [-0.2, -0.15) is 0 Å². The van der Waals surface area contributed by atoms with Crippen molar-refractivity contribution in [3.8, 4) is 0 Å². The van der Waals surface area contributed by atoms with Crippen molar-refractivity contribution in [3.05, 3.63) is 35.9 Å². The number of likely N-dealkylation sites (N-methyl/N-ethyl adjacent to an activating group) is 1. The summed E-state index contributed by atoms with van der Waals surface area (Å²) in [6, 6.07) is 8.54. The molecule has 1 heterocycles. The van der Waals surface area contributed by atoms with Gasteiger partial charge in [0.2, 0.25) is 11.8 Å². The molecule has 2 N–H and O–H groups in total. The fourth-order valence-corrected chi connectivity index (χ4v) is 2.17. The summed E-state index contributed by atoms with van der Waals surface area (Å²) in [5.74, 6) is -0.221. The minimum atomic E-state index is -0.697. The molecule has 0 saturated carbocycles. The standard InChI is InChI=1S/C14H19N3O2/c1-16-8-5-9-17(10-12(16)18)14(19)13(15)11-6-3-2-4-7-11/h2-4,6-7,13H,5,8-10,15H2,1H3/t13-/m1/s1. The van der Waals surface area contributed by atoms with Crippen molar-refractivity contribution in [2.45, 2.75) is 12.5 Å². The number of nitrogens with zero attached hydrogens (tertiary/aromatic N) is 2. The van der Waals surface area contributed by atoms with Gasteiger partial charge < -0.3 is 15.5 Å². The molecule has 0 unspecified atom stereocenters. The van der Waals surface area contributed by atoms with Gasteiger partial charge in [0.25, 0.3) is 0 Å². The van der Waals surface area contributed by atoms with Crippen LogP contribution in [0.15, 0.2) is 30.3 Å². The molecular formula is C14H19N3O2. The number of rotatable bonds is 2. The summed E-state index contributed by atoms with van der Waals surface area (Å²) in [6.07, 6.45) is 0.787. The number of hydrogen-bond donors (Lipinski definition) is 1. The molecule has 0 spiro atoms. The first-order valence-corrected chi connectivity index (χ1v) is 6.43. The maximum Gasteiger partial charge on any atom is 0.244 e. The van der Waals surface area contributed by atoms with Gasteiger partial charge in [0.05, 0.1) is 6.54 Å². The van der Waals surface area contributed by atoms with Crippen LogP contribution in [-0.2, 0) is 9.59 Å². The van der Waals surface area contributed by atoms with Gasteiger partial charge >= 0.3 is 0 Å². The lowest BCUT2D eigenvalue weighted by molar-refractivity contribution is -0.139. The molecule has 1 atom stereocenters. The summed E-state index contributed by atoms with van der Waals surface area (Å²) in [4.78, 5) is 27.3. The zero-order valence-corrected chi connectivity index (χ0v) is 11.1. The third-order valence-electron chi connectivity index (χ3n) is 3.41. The van der Waals surface area contributed by atoms with E-state index in [1.165, 1.54) is 0 Å². The van der Waals surface area contributed by atoms with Crippen LogP contribution in [0.4, 0.5) is 0 Å². The maximum atomic E-state index is 12.3. The Labute approximate surface area is 113 Å². The van der Waals surface area contributed by atoms with Crippen LogP contribution in [0.25, 0.3) is 0 Å². The van der Waals surface area contributed by atoms with Crippen molar-refractivity contribution in [3.63, 3.8) is 0 Å². The highest BCUT2D eigenvalue weighted by Crippen LogP contribution is 2.14. The van der Waals surface area contributed by atoms with Gasteiger partial charge in [-0.3, -0.25) is 9.59 Å². The fraction of sp³-hybridized carbons (Fsp3) is 0.429. The summed E-state index contributed by atoms with van der Waals surface area (Å²) in [5, 5.41) is 0. The molecule has 2 rings (SSSR count). The fourth-order valence-electron chi connectivity index (χ4n) is 2.17. The minimum Gasteiger partial charge on any atom is -0.344 e. The van der Waals surface area contributed by atoms with Crippen molar-refractivity contribution in [2.24, 2.45) is 5.73 Å². The first-order valence-electron chi connectivity index (χ1n) is 6.43. The van der Waals surface area contributed by atoms with Crippen LogP contribution in [0, 0.1) is 0 Å². The second-order valence-electron chi connectivity index (χ2n) is 4.82. The summed E-state index contributed by atoms with van der Waals surface area (Å²) in [6.45, 7) is 1.38. The van der Waals surface area contributed by atoms with E-state index >= 15 is 0 Å². The maximum absolute atomic E-state index is 12.3. The van der Waals surface area contributed by atoms with Crippen LogP contribution in [0.3, 0.4) is 0 Å². The Morgan fingerprint density at radius 3 is 2.63 bits per heavy atom. The Hall–Kier alpha value is -1.88. The minimum absolute atomic E-state index is 0.0360. The van der Waals surface area contributed by atoms with Crippen molar-refractivity contribution < 1.29 is 9.59 Å². The second kappa shape index (κ2) is 5.84. The third kappa shape index (κ3) is 3.12. The largest absolute Gasteiger partial charge is 0.344 e. The van der Waals surface area contributed by atoms with Crippen LogP contribution >= 0.6 is 0 Å². The Morgan fingerprint density at radius 2 is 1.95 bits per heavy atom. The van der Waals surface area contributed by atoms with E-state index in [0.29, 0.717) is 13.1 Å². The van der Waals surface area contributed by atoms with E-state index in [1.807, 2.05) is 30.3 Å². The second-order valence-corrected chi connectivity index (χ2v) is 4.82. The lowest BCUT2D eigenvalue weighted by Gasteiger charge is -2.23. The molecular weight excluding hydrogens is 242 g/mol. The van der Waals surface area contributed by atoms with Gasteiger partial charge in [-0.05, 0) is 12.0 Å². The summed E-state index contributed by atoms with van der Waals surface area (Å²) in [5.41, 5.74) is 6.76. The van der Waals surface area contributed by atoms with Gasteiger partial charge in [-0.25, -0.2) is 0 Å². The quantitative estimate of drug-likeness (QED) is 0.837. The van der Waals surface area contributed by atoms with E-state index < -0.39 is 6.04 Å². The summed E-state index contributed by atoms with van der Waals surface area (Å²) < 4.78 is 0. The van der Waals surface area contributed by atoms with Gasteiger partial charge in [-0.1, -0.05) is 30.3 Å². The molecule has 0 radical (unpaired) electrons. The molecule has 0 aliphatic carbocycles. The van der Waals surface area contributed by atoms with E-state index in [-0.39, 0.29) is 18.4 Å². The molecule has 1 aromatic rings. The van der Waals surface area contributed by atoms with Gasteiger partial charge in [0, 0.05) is 20.1 Å². The van der Waals surface area contributed by atoms with Gasteiger partial charge in [-0.15, -0.1) is 0 Å². The normalized spacial score (nSPS) is 18.1. The SMILES string of the molecule is CN1CCCN(C(=O)[C@H](N)c2ccccc2)CC1=O. The predicted octanol–water partition coefficient (Wildman–Crippen LogP) is 0.377. The molecule has 1 aliphatic rings. The van der Waals surface area contributed by atoms with Gasteiger partial charge in [0.15, 0.2) is 0 Å². The molecule has 102 valence electrons. The molecule has 0 bridgehead atoms. The highest BCUT2D eigenvalue weighted by molar-refractivity contribution is 5.88. The van der Waals surface area contributed by atoms with E-state index in [1.54, 1.807) is 16.8 Å². The van der Waals surface area contributed by atoms with Crippen LogP contribution < -0.4 is 5.73 Å². The molecule has 5 heteroatoms. The number of benzene rings is 1. The number of amides is 2.